The predicted molar refractivity (Wildman–Crippen MR) is 141 cm³/mol. The molecule has 2 heterocycles. The third-order valence-electron chi connectivity index (χ3n) is 6.35. The lowest BCUT2D eigenvalue weighted by molar-refractivity contribution is -0.132. The minimum Gasteiger partial charge on any atom is -0.384 e. The van der Waals surface area contributed by atoms with Gasteiger partial charge in [-0.1, -0.05) is 60.7 Å². The van der Waals surface area contributed by atoms with Gasteiger partial charge < -0.3 is 16.4 Å². The second kappa shape index (κ2) is 11.6. The molecule has 4 rings (SSSR count). The van der Waals surface area contributed by atoms with E-state index in [1.54, 1.807) is 60.7 Å². The number of nitrogens with two attached hydrogens (primary N) is 2. The molecule has 3 atom stereocenters. The second-order valence-electron chi connectivity index (χ2n) is 9.02. The molecule has 13 heteroatoms. The SMILES string of the molecule is N=C(N)c1cnn(C(NC(=O)[C@H](NS(N)(=O)=O)C(c2ccccc2)c2ccccc2)C(=O)[C@@H]2CCCN2)c1. The zero-order valence-corrected chi connectivity index (χ0v) is 21.3. The van der Waals surface area contributed by atoms with Crippen molar-refractivity contribution in [3.63, 3.8) is 0 Å². The van der Waals surface area contributed by atoms with Gasteiger partial charge in [-0.05, 0) is 30.5 Å². The molecule has 8 N–H and O–H groups in total. The molecule has 0 saturated carbocycles. The molecule has 0 aliphatic carbocycles. The molecule has 1 saturated heterocycles. The Hall–Kier alpha value is -3.91. The summed E-state index contributed by atoms with van der Waals surface area (Å²) >= 11 is 0. The summed E-state index contributed by atoms with van der Waals surface area (Å²) in [5.74, 6) is -2.18. The molecule has 1 aliphatic heterocycles. The van der Waals surface area contributed by atoms with Crippen LogP contribution < -0.4 is 26.2 Å². The van der Waals surface area contributed by atoms with E-state index in [1.165, 1.54) is 17.1 Å². The van der Waals surface area contributed by atoms with E-state index >= 15 is 0 Å². The van der Waals surface area contributed by atoms with Crippen molar-refractivity contribution in [3.05, 3.63) is 89.7 Å². The van der Waals surface area contributed by atoms with E-state index in [0.717, 1.165) is 6.42 Å². The third kappa shape index (κ3) is 6.50. The van der Waals surface area contributed by atoms with Crippen LogP contribution in [0.25, 0.3) is 0 Å². The molecule has 200 valence electrons. The lowest BCUT2D eigenvalue weighted by Gasteiger charge is -2.29. The standard InChI is InChI=1S/C25H30N8O4S/c26-23(27)18-14-30-33(15-18)24(22(34)19-12-7-13-29-19)31-25(35)21(32-38(28,36)37)20(16-8-3-1-4-9-16)17-10-5-2-6-11-17/h1-6,8-11,14-15,19-21,24,29,32H,7,12-13H2,(H3,26,27)(H,31,35)(H2,28,36,37)/t19-,21+,24?/m0/s1. The van der Waals surface area contributed by atoms with Crippen molar-refractivity contribution in [3.8, 4) is 0 Å². The van der Waals surface area contributed by atoms with Gasteiger partial charge in [-0.15, -0.1) is 0 Å². The number of hydrogen-bond donors (Lipinski definition) is 6. The van der Waals surface area contributed by atoms with Crippen molar-refractivity contribution < 1.29 is 18.0 Å². The smallest absolute Gasteiger partial charge is 0.275 e. The van der Waals surface area contributed by atoms with Crippen LogP contribution in [0.2, 0.25) is 0 Å². The highest BCUT2D eigenvalue weighted by atomic mass is 32.2. The first kappa shape index (κ1) is 27.1. The minimum absolute atomic E-state index is 0.255. The highest BCUT2D eigenvalue weighted by Crippen LogP contribution is 2.29. The van der Waals surface area contributed by atoms with Gasteiger partial charge in [0, 0.05) is 12.1 Å². The van der Waals surface area contributed by atoms with Crippen LogP contribution >= 0.6 is 0 Å². The first-order valence-electron chi connectivity index (χ1n) is 12.0. The molecular weight excluding hydrogens is 508 g/mol. The number of ketones is 1. The molecule has 1 fully saturated rings. The van der Waals surface area contributed by atoms with Crippen LogP contribution in [0.15, 0.2) is 73.1 Å². The van der Waals surface area contributed by atoms with Gasteiger partial charge in [-0.2, -0.15) is 18.2 Å². The normalized spacial score (nSPS) is 17.2. The molecule has 1 amide bonds. The number of aromatic nitrogens is 2. The number of carbonyl (C=O) groups excluding carboxylic acids is 2. The van der Waals surface area contributed by atoms with Crippen molar-refractivity contribution in [2.75, 3.05) is 6.54 Å². The maximum Gasteiger partial charge on any atom is 0.275 e. The molecule has 1 unspecified atom stereocenters. The van der Waals surface area contributed by atoms with Gasteiger partial charge in [0.2, 0.25) is 5.91 Å². The van der Waals surface area contributed by atoms with E-state index in [4.69, 9.17) is 16.3 Å². The monoisotopic (exact) mass is 538 g/mol. The number of amides is 1. The van der Waals surface area contributed by atoms with Gasteiger partial charge in [0.1, 0.15) is 11.9 Å². The first-order chi connectivity index (χ1) is 18.1. The topological polar surface area (TPSA) is 198 Å². The van der Waals surface area contributed by atoms with Crippen LogP contribution in [0.3, 0.4) is 0 Å². The lowest BCUT2D eigenvalue weighted by atomic mass is 9.85. The number of carbonyl (C=O) groups is 2. The van der Waals surface area contributed by atoms with Crippen LogP contribution in [0.1, 0.15) is 41.6 Å². The summed E-state index contributed by atoms with van der Waals surface area (Å²) in [6, 6.07) is 15.9. The fourth-order valence-corrected chi connectivity index (χ4v) is 5.17. The van der Waals surface area contributed by atoms with Gasteiger partial charge in [0.15, 0.2) is 11.9 Å². The number of nitrogens with one attached hydrogen (secondary N) is 4. The highest BCUT2D eigenvalue weighted by Gasteiger charge is 2.38. The molecule has 2 aromatic carbocycles. The number of nitrogen functional groups attached to an aromatic ring is 1. The van der Waals surface area contributed by atoms with Gasteiger partial charge >= 0.3 is 0 Å². The molecule has 3 aromatic rings. The van der Waals surface area contributed by atoms with Crippen molar-refractivity contribution in [2.45, 2.75) is 37.0 Å². The summed E-state index contributed by atoms with van der Waals surface area (Å²) < 4.78 is 28.0. The number of rotatable bonds is 11. The molecule has 0 radical (unpaired) electrons. The summed E-state index contributed by atoms with van der Waals surface area (Å²) in [6.45, 7) is 0.647. The third-order valence-corrected chi connectivity index (χ3v) is 6.94. The Labute approximate surface area is 220 Å². The molecule has 0 spiro atoms. The van der Waals surface area contributed by atoms with Crippen molar-refractivity contribution in [1.82, 2.24) is 25.1 Å². The van der Waals surface area contributed by atoms with Crippen molar-refractivity contribution in [1.29, 1.82) is 5.41 Å². The predicted octanol–water partition coefficient (Wildman–Crippen LogP) is 0.0969. The molecule has 12 nitrogen and oxygen atoms in total. The number of Topliss-reactive ketones (excluding diaryl/α,β-unsaturated/α-hetero) is 1. The molecular formula is C25H30N8O4S. The van der Waals surface area contributed by atoms with Gasteiger partial charge in [0.25, 0.3) is 10.2 Å². The Balaban J connectivity index is 1.75. The molecule has 1 aliphatic rings. The van der Waals surface area contributed by atoms with E-state index in [9.17, 15) is 18.0 Å². The van der Waals surface area contributed by atoms with E-state index in [0.29, 0.717) is 24.1 Å². The van der Waals surface area contributed by atoms with Crippen molar-refractivity contribution in [2.24, 2.45) is 10.9 Å². The average Bonchev–Trinajstić information content (AvgIpc) is 3.60. The van der Waals surface area contributed by atoms with Gasteiger partial charge in [0.05, 0.1) is 17.8 Å². The fraction of sp³-hybridized carbons (Fsp3) is 0.280. The van der Waals surface area contributed by atoms with E-state index in [1.807, 2.05) is 0 Å². The Kier molecular flexibility index (Phi) is 8.32. The largest absolute Gasteiger partial charge is 0.384 e. The minimum atomic E-state index is -4.35. The van der Waals surface area contributed by atoms with Crippen LogP contribution in [0.4, 0.5) is 0 Å². The van der Waals surface area contributed by atoms with E-state index in [-0.39, 0.29) is 17.2 Å². The average molecular weight is 539 g/mol. The highest BCUT2D eigenvalue weighted by molar-refractivity contribution is 7.87. The van der Waals surface area contributed by atoms with Crippen LogP contribution in [-0.2, 0) is 19.8 Å². The fourth-order valence-electron chi connectivity index (χ4n) is 4.58. The number of nitrogens with zero attached hydrogens (tertiary/aromatic N) is 2. The number of amidine groups is 1. The number of benzene rings is 2. The molecule has 38 heavy (non-hydrogen) atoms. The van der Waals surface area contributed by atoms with Crippen LogP contribution in [0.5, 0.6) is 0 Å². The maximum atomic E-state index is 13.9. The van der Waals surface area contributed by atoms with E-state index < -0.39 is 40.3 Å². The quantitative estimate of drug-likeness (QED) is 0.147. The Morgan fingerprint density at radius 2 is 1.68 bits per heavy atom. The van der Waals surface area contributed by atoms with Gasteiger partial charge in [-0.3, -0.25) is 15.0 Å². The first-order valence-corrected chi connectivity index (χ1v) is 13.5. The Morgan fingerprint density at radius 3 is 2.16 bits per heavy atom. The molecule has 0 bridgehead atoms. The summed E-state index contributed by atoms with van der Waals surface area (Å²) in [5.41, 5.74) is 7.15. The second-order valence-corrected chi connectivity index (χ2v) is 10.4. The van der Waals surface area contributed by atoms with Crippen LogP contribution in [-0.4, -0.2) is 54.4 Å². The summed E-state index contributed by atoms with van der Waals surface area (Å²) in [4.78, 5) is 27.4. The van der Waals surface area contributed by atoms with Gasteiger partial charge in [-0.25, -0.2) is 9.82 Å². The zero-order chi connectivity index (χ0) is 27.3. The summed E-state index contributed by atoms with van der Waals surface area (Å²) in [7, 11) is -4.35. The van der Waals surface area contributed by atoms with Crippen molar-refractivity contribution >= 4 is 27.7 Å². The van der Waals surface area contributed by atoms with Crippen LogP contribution in [0, 0.1) is 5.41 Å². The Morgan fingerprint density at radius 1 is 1.08 bits per heavy atom. The van der Waals surface area contributed by atoms with E-state index in [2.05, 4.69) is 20.5 Å². The number of hydrogen-bond acceptors (Lipinski definition) is 7. The summed E-state index contributed by atoms with van der Waals surface area (Å²) in [6.07, 6.45) is 2.76. The lowest BCUT2D eigenvalue weighted by Crippen LogP contribution is -2.55. The molecule has 1 aromatic heterocycles. The summed E-state index contributed by atoms with van der Waals surface area (Å²) in [5, 5.41) is 23.0. The Bertz CT molecular complexity index is 1350. The maximum absolute atomic E-state index is 13.9. The zero-order valence-electron chi connectivity index (χ0n) is 20.4.